The number of Topliss-reactive ketones (excluding diaryl/α,β-unsaturated/α-hetero) is 1. The molecule has 0 N–H and O–H groups in total. The van der Waals surface area contributed by atoms with Gasteiger partial charge in [-0.05, 0) is 51.3 Å². The molecule has 120 valence electrons. The lowest BCUT2D eigenvalue weighted by Crippen LogP contribution is -2.32. The predicted molar refractivity (Wildman–Crippen MR) is 90.5 cm³/mol. The molecule has 0 amide bonds. The molecule has 23 heavy (non-hydrogen) atoms. The second kappa shape index (κ2) is 5.41. The van der Waals surface area contributed by atoms with Crippen LogP contribution in [0.25, 0.3) is 0 Å². The fraction of sp³-hybridized carbons (Fsp3) is 0.350. The first-order valence-corrected chi connectivity index (χ1v) is 7.87. The lowest BCUT2D eigenvalue weighted by atomic mass is 9.92. The van der Waals surface area contributed by atoms with Crippen molar-refractivity contribution in [1.82, 2.24) is 0 Å². The number of hydrogen-bond acceptors (Lipinski definition) is 3. The summed E-state index contributed by atoms with van der Waals surface area (Å²) in [7, 11) is 0. The van der Waals surface area contributed by atoms with Crippen LogP contribution in [0.2, 0.25) is 0 Å². The van der Waals surface area contributed by atoms with Gasteiger partial charge < -0.3 is 9.47 Å². The van der Waals surface area contributed by atoms with E-state index in [9.17, 15) is 4.79 Å². The molecule has 0 unspecified atom stereocenters. The Balaban J connectivity index is 2.02. The van der Waals surface area contributed by atoms with Crippen molar-refractivity contribution in [2.75, 3.05) is 0 Å². The van der Waals surface area contributed by atoms with Gasteiger partial charge in [0.25, 0.3) is 0 Å². The molecule has 3 rings (SSSR count). The number of ether oxygens (including phenoxy) is 2. The van der Waals surface area contributed by atoms with Gasteiger partial charge in [0, 0.05) is 5.56 Å². The lowest BCUT2D eigenvalue weighted by Gasteiger charge is -2.18. The van der Waals surface area contributed by atoms with Gasteiger partial charge in [0.2, 0.25) is 5.78 Å². The summed E-state index contributed by atoms with van der Waals surface area (Å²) in [6.45, 7) is 10.1. The topological polar surface area (TPSA) is 35.5 Å². The van der Waals surface area contributed by atoms with E-state index in [1.54, 1.807) is 0 Å². The predicted octanol–water partition coefficient (Wildman–Crippen LogP) is 4.54. The maximum absolute atomic E-state index is 12.6. The van der Waals surface area contributed by atoms with Crippen LogP contribution < -0.4 is 9.47 Å². The minimum Gasteiger partial charge on any atom is -0.488 e. The van der Waals surface area contributed by atoms with Gasteiger partial charge in [-0.15, -0.1) is 0 Å². The maximum atomic E-state index is 12.6. The molecule has 3 heteroatoms. The van der Waals surface area contributed by atoms with E-state index >= 15 is 0 Å². The van der Waals surface area contributed by atoms with E-state index in [4.69, 9.17) is 9.47 Å². The molecule has 0 atom stereocenters. The van der Waals surface area contributed by atoms with Crippen molar-refractivity contribution >= 4 is 5.78 Å². The highest BCUT2D eigenvalue weighted by Crippen LogP contribution is 2.45. The Morgan fingerprint density at radius 2 is 1.65 bits per heavy atom. The van der Waals surface area contributed by atoms with E-state index in [0.717, 1.165) is 28.0 Å². The van der Waals surface area contributed by atoms with Gasteiger partial charge in [0.05, 0.1) is 5.56 Å². The van der Waals surface area contributed by atoms with Crippen molar-refractivity contribution in [3.8, 4) is 11.5 Å². The summed E-state index contributed by atoms with van der Waals surface area (Å²) < 4.78 is 12.0. The third-order valence-corrected chi connectivity index (χ3v) is 4.54. The Bertz CT molecular complexity index is 773. The van der Waals surface area contributed by atoms with Crippen LogP contribution in [0.4, 0.5) is 0 Å². The van der Waals surface area contributed by atoms with Crippen LogP contribution in [-0.4, -0.2) is 11.4 Å². The minimum absolute atomic E-state index is 0.0256. The number of carbonyl (C=O) groups excluding carboxylic acids is 1. The first-order valence-electron chi connectivity index (χ1n) is 7.87. The molecular formula is C20H22O3. The normalized spacial score (nSPS) is 15.3. The van der Waals surface area contributed by atoms with E-state index in [1.165, 1.54) is 0 Å². The molecule has 2 aromatic carbocycles. The van der Waals surface area contributed by atoms with Crippen molar-refractivity contribution in [2.24, 2.45) is 0 Å². The highest BCUT2D eigenvalue weighted by molar-refractivity contribution is 6.09. The van der Waals surface area contributed by atoms with Crippen LogP contribution in [0, 0.1) is 20.8 Å². The van der Waals surface area contributed by atoms with Crippen molar-refractivity contribution in [1.29, 1.82) is 0 Å². The number of hydrogen-bond donors (Lipinski definition) is 0. The Labute approximate surface area is 137 Å². The summed E-state index contributed by atoms with van der Waals surface area (Å²) in [5.41, 5.74) is 3.85. The molecule has 0 radical (unpaired) electrons. The van der Waals surface area contributed by atoms with E-state index in [0.29, 0.717) is 17.9 Å². The first kappa shape index (κ1) is 15.6. The fourth-order valence-electron chi connectivity index (χ4n) is 3.04. The number of fused-ring (bicyclic) bond motifs is 1. The second-order valence-electron chi connectivity index (χ2n) is 6.62. The van der Waals surface area contributed by atoms with E-state index in [1.807, 2.05) is 65.0 Å². The van der Waals surface area contributed by atoms with Gasteiger partial charge in [-0.25, -0.2) is 0 Å². The Hall–Kier alpha value is -2.29. The van der Waals surface area contributed by atoms with Crippen molar-refractivity contribution in [3.05, 3.63) is 58.1 Å². The molecular weight excluding hydrogens is 288 g/mol. The van der Waals surface area contributed by atoms with Gasteiger partial charge in [-0.1, -0.05) is 30.3 Å². The zero-order chi connectivity index (χ0) is 16.8. The molecule has 0 bridgehead atoms. The SMILES string of the molecule is Cc1c(C)c2c(c(C)c1OCc1ccccc1)C(=O)C(C)(C)O2. The number of ketones is 1. The monoisotopic (exact) mass is 310 g/mol. The summed E-state index contributed by atoms with van der Waals surface area (Å²) in [6.07, 6.45) is 0. The smallest absolute Gasteiger partial charge is 0.209 e. The van der Waals surface area contributed by atoms with Crippen LogP contribution in [0.1, 0.15) is 46.5 Å². The fourth-order valence-corrected chi connectivity index (χ4v) is 3.04. The third kappa shape index (κ3) is 2.50. The highest BCUT2D eigenvalue weighted by atomic mass is 16.5. The van der Waals surface area contributed by atoms with Gasteiger partial charge in [0.1, 0.15) is 18.1 Å². The molecule has 0 aromatic heterocycles. The quantitative estimate of drug-likeness (QED) is 0.834. The van der Waals surface area contributed by atoms with Crippen LogP contribution in [0.3, 0.4) is 0 Å². The maximum Gasteiger partial charge on any atom is 0.209 e. The molecule has 1 aliphatic heterocycles. The first-order chi connectivity index (χ1) is 10.8. The van der Waals surface area contributed by atoms with Crippen LogP contribution in [-0.2, 0) is 6.61 Å². The molecule has 1 heterocycles. The second-order valence-corrected chi connectivity index (χ2v) is 6.62. The summed E-state index contributed by atoms with van der Waals surface area (Å²) in [6, 6.07) is 10.0. The summed E-state index contributed by atoms with van der Waals surface area (Å²) in [5.74, 6) is 1.53. The Morgan fingerprint density at radius 1 is 1.00 bits per heavy atom. The van der Waals surface area contributed by atoms with Gasteiger partial charge >= 0.3 is 0 Å². The average molecular weight is 310 g/mol. The number of carbonyl (C=O) groups is 1. The Morgan fingerprint density at radius 3 is 2.30 bits per heavy atom. The average Bonchev–Trinajstić information content (AvgIpc) is 2.77. The van der Waals surface area contributed by atoms with Crippen molar-refractivity contribution in [2.45, 2.75) is 46.8 Å². The van der Waals surface area contributed by atoms with Crippen molar-refractivity contribution in [3.63, 3.8) is 0 Å². The van der Waals surface area contributed by atoms with Crippen LogP contribution in [0.15, 0.2) is 30.3 Å². The summed E-state index contributed by atoms with van der Waals surface area (Å²) in [5, 5.41) is 0. The van der Waals surface area contributed by atoms with Gasteiger partial charge in [-0.3, -0.25) is 4.79 Å². The zero-order valence-electron chi connectivity index (χ0n) is 14.3. The van der Waals surface area contributed by atoms with Gasteiger partial charge in [0.15, 0.2) is 5.60 Å². The molecule has 1 aliphatic rings. The molecule has 0 saturated heterocycles. The van der Waals surface area contributed by atoms with Crippen molar-refractivity contribution < 1.29 is 14.3 Å². The molecule has 0 fully saturated rings. The molecule has 3 nitrogen and oxygen atoms in total. The lowest BCUT2D eigenvalue weighted by molar-refractivity contribution is 0.0683. The van der Waals surface area contributed by atoms with E-state index < -0.39 is 5.60 Å². The summed E-state index contributed by atoms with van der Waals surface area (Å²) in [4.78, 5) is 12.6. The molecule has 0 saturated carbocycles. The summed E-state index contributed by atoms with van der Waals surface area (Å²) >= 11 is 0. The third-order valence-electron chi connectivity index (χ3n) is 4.54. The Kier molecular flexibility index (Phi) is 3.67. The standard InChI is InChI=1S/C20H22O3/c1-12-13(2)18-16(19(21)20(4,5)23-18)14(3)17(12)22-11-15-9-7-6-8-10-15/h6-10H,11H2,1-5H3. The molecule has 0 aliphatic carbocycles. The number of rotatable bonds is 3. The molecule has 0 spiro atoms. The molecule has 2 aromatic rings. The largest absolute Gasteiger partial charge is 0.488 e. The van der Waals surface area contributed by atoms with E-state index in [-0.39, 0.29) is 5.78 Å². The van der Waals surface area contributed by atoms with Crippen LogP contribution >= 0.6 is 0 Å². The number of benzene rings is 2. The highest BCUT2D eigenvalue weighted by Gasteiger charge is 2.43. The minimum atomic E-state index is -0.803. The zero-order valence-corrected chi connectivity index (χ0v) is 14.3. The van der Waals surface area contributed by atoms with E-state index in [2.05, 4.69) is 0 Å². The van der Waals surface area contributed by atoms with Crippen LogP contribution in [0.5, 0.6) is 11.5 Å². The van der Waals surface area contributed by atoms with Gasteiger partial charge in [-0.2, -0.15) is 0 Å².